The van der Waals surface area contributed by atoms with Gasteiger partial charge in [-0.05, 0) is 104 Å². The molecule has 10 rings (SSSR count). The first-order valence-corrected chi connectivity index (χ1v) is 23.0. The van der Waals surface area contributed by atoms with Crippen LogP contribution in [-0.4, -0.2) is 100 Å². The molecule has 4 saturated heterocycles. The quantitative estimate of drug-likeness (QED) is 0.101. The van der Waals surface area contributed by atoms with Gasteiger partial charge in [-0.1, -0.05) is 6.07 Å². The number of alkyl halides is 1. The summed E-state index contributed by atoms with van der Waals surface area (Å²) in [5.41, 5.74) is 4.34. The summed E-state index contributed by atoms with van der Waals surface area (Å²) in [6, 6.07) is 25.3. The molecule has 6 heterocycles. The van der Waals surface area contributed by atoms with Crippen LogP contribution >= 0.6 is 12.1 Å². The predicted molar refractivity (Wildman–Crippen MR) is 248 cm³/mol. The van der Waals surface area contributed by atoms with Gasteiger partial charge in [-0.3, -0.25) is 29.2 Å². The molecule has 0 bridgehead atoms. The lowest BCUT2D eigenvalue weighted by Gasteiger charge is -2.40. The second kappa shape index (κ2) is 18.2. The summed E-state index contributed by atoms with van der Waals surface area (Å²) in [6.07, 6.45) is 6.07. The van der Waals surface area contributed by atoms with E-state index in [0.717, 1.165) is 87.4 Å². The zero-order chi connectivity index (χ0) is 44.6. The minimum atomic E-state index is -0.911. The average molecular weight is 899 g/mol. The fraction of sp³-hybridized carbons (Fsp3) is 0.354. The highest BCUT2D eigenvalue weighted by Crippen LogP contribution is 2.37. The standard InChI is InChI=1S/C48H48F2N10O4S/c49-32-16-20-58(29-32)65-54-41-11-9-39(50)46(38(41)27-51)64-35-8-10-40-37(26-35)48(63)60(30-52-40)34-6-4-33(5-7-34)56-24-22-55(23-25-56)28-31-14-18-57(19-15-31)42-2-1-3-43-36(42)17-21-59(43)44-12-13-45(61)53-47(44)62/h1-11,17,21,26,30-32,44,54H,12-16,18-20,22-25,28-29H2,(H,53,61,62). The molecule has 2 amide bonds. The van der Waals surface area contributed by atoms with E-state index in [2.05, 4.69) is 54.0 Å². The molecule has 14 nitrogen and oxygen atoms in total. The lowest BCUT2D eigenvalue weighted by molar-refractivity contribution is -0.135. The van der Waals surface area contributed by atoms with Crippen LogP contribution < -0.4 is 30.1 Å². The number of imide groups is 1. The van der Waals surface area contributed by atoms with Crippen LogP contribution in [0.25, 0.3) is 27.5 Å². The Balaban J connectivity index is 0.741. The fourth-order valence-electron chi connectivity index (χ4n) is 9.61. The summed E-state index contributed by atoms with van der Waals surface area (Å²) in [5, 5.41) is 13.9. The summed E-state index contributed by atoms with van der Waals surface area (Å²) < 4.78 is 43.1. The van der Waals surface area contributed by atoms with Gasteiger partial charge in [-0.2, -0.15) is 5.26 Å². The molecule has 2 N–H and O–H groups in total. The van der Waals surface area contributed by atoms with Crippen LogP contribution in [0, 0.1) is 23.1 Å². The number of hydrogen-bond donors (Lipinski definition) is 2. The number of carbonyl (C=O) groups excluding carboxylic acids is 2. The molecule has 4 aliphatic rings. The predicted octanol–water partition coefficient (Wildman–Crippen LogP) is 7.18. The van der Waals surface area contributed by atoms with Crippen LogP contribution in [0.4, 0.5) is 25.8 Å². The van der Waals surface area contributed by atoms with E-state index in [1.165, 1.54) is 34.8 Å². The summed E-state index contributed by atoms with van der Waals surface area (Å²) in [4.78, 5) is 50.2. The number of piperidine rings is 2. The molecule has 17 heteroatoms. The van der Waals surface area contributed by atoms with Gasteiger partial charge in [0.15, 0.2) is 11.6 Å². The van der Waals surface area contributed by atoms with Gasteiger partial charge in [0.25, 0.3) is 5.56 Å². The van der Waals surface area contributed by atoms with Crippen LogP contribution in [-0.2, 0) is 9.59 Å². The molecule has 4 aliphatic heterocycles. The number of nitrogens with zero attached hydrogens (tertiary/aromatic N) is 8. The SMILES string of the molecule is N#Cc1c(NSN2CCC(F)C2)ccc(F)c1Oc1ccc2ncn(-c3ccc(N4CCN(CC5CCN(c6cccc7c6ccn7C6CCC(=O)NC6=O)CC5)CC4)cc3)c(=O)c2c1. The van der Waals surface area contributed by atoms with Crippen molar-refractivity contribution in [1.82, 2.24) is 28.6 Å². The van der Waals surface area contributed by atoms with E-state index < -0.39 is 12.0 Å². The van der Waals surface area contributed by atoms with E-state index in [-0.39, 0.29) is 52.4 Å². The first kappa shape index (κ1) is 42.5. The Hall–Kier alpha value is -6.48. The molecule has 2 aromatic heterocycles. The largest absolute Gasteiger partial charge is 0.453 e. The number of anilines is 3. The Morgan fingerprint density at radius 1 is 0.862 bits per heavy atom. The van der Waals surface area contributed by atoms with Gasteiger partial charge in [0.1, 0.15) is 35.9 Å². The van der Waals surface area contributed by atoms with Crippen molar-refractivity contribution in [3.05, 3.63) is 113 Å². The molecule has 0 aliphatic carbocycles. The highest BCUT2D eigenvalue weighted by atomic mass is 32.2. The van der Waals surface area contributed by atoms with E-state index in [4.69, 9.17) is 4.74 Å². The summed E-state index contributed by atoms with van der Waals surface area (Å²) >= 11 is 1.16. The van der Waals surface area contributed by atoms with Gasteiger partial charge >= 0.3 is 0 Å². The van der Waals surface area contributed by atoms with Gasteiger partial charge in [0.2, 0.25) is 11.8 Å². The number of halogens is 2. The first-order valence-electron chi connectivity index (χ1n) is 22.2. The normalized spacial score (nSPS) is 20.1. The number of rotatable bonds is 11. The molecule has 2 unspecified atom stereocenters. The number of amides is 2. The first-order chi connectivity index (χ1) is 31.7. The molecular weight excluding hydrogens is 851 g/mol. The van der Waals surface area contributed by atoms with Crippen molar-refractivity contribution in [2.24, 2.45) is 5.92 Å². The number of ether oxygens (including phenoxy) is 1. The average Bonchev–Trinajstić information content (AvgIpc) is 3.96. The Morgan fingerprint density at radius 2 is 1.66 bits per heavy atom. The molecule has 334 valence electrons. The number of nitriles is 1. The molecular formula is C48H48F2N10O4S. The van der Waals surface area contributed by atoms with E-state index in [0.29, 0.717) is 48.6 Å². The third kappa shape index (κ3) is 8.73. The number of piperazine rings is 1. The van der Waals surface area contributed by atoms with E-state index in [1.807, 2.05) is 41.1 Å². The fourth-order valence-corrected chi connectivity index (χ4v) is 10.4. The second-order valence-corrected chi connectivity index (χ2v) is 18.1. The summed E-state index contributed by atoms with van der Waals surface area (Å²) in [7, 11) is 0. The van der Waals surface area contributed by atoms with E-state index in [1.54, 1.807) is 16.4 Å². The van der Waals surface area contributed by atoms with E-state index >= 15 is 4.39 Å². The summed E-state index contributed by atoms with van der Waals surface area (Å²) in [6.45, 7) is 7.55. The molecule has 6 aromatic rings. The molecule has 65 heavy (non-hydrogen) atoms. The van der Waals surface area contributed by atoms with Crippen LogP contribution in [0.15, 0.2) is 96.2 Å². The van der Waals surface area contributed by atoms with Gasteiger partial charge in [0, 0.05) is 100 Å². The van der Waals surface area contributed by atoms with Crippen LogP contribution in [0.3, 0.4) is 0 Å². The minimum absolute atomic E-state index is 0.0517. The number of nitrogens with one attached hydrogen (secondary N) is 2. The lowest BCUT2D eigenvalue weighted by Crippen LogP contribution is -2.49. The van der Waals surface area contributed by atoms with Crippen molar-refractivity contribution in [2.75, 3.05) is 73.4 Å². The number of carbonyl (C=O) groups is 2. The Kier molecular flexibility index (Phi) is 11.9. The Bertz CT molecular complexity index is 2870. The topological polar surface area (TPSA) is 144 Å². The zero-order valence-corrected chi connectivity index (χ0v) is 36.5. The van der Waals surface area contributed by atoms with Gasteiger partial charge in [-0.25, -0.2) is 18.1 Å². The molecule has 4 fully saturated rings. The van der Waals surface area contributed by atoms with Crippen LogP contribution in [0.2, 0.25) is 0 Å². The van der Waals surface area contributed by atoms with Gasteiger partial charge in [-0.15, -0.1) is 0 Å². The lowest BCUT2D eigenvalue weighted by atomic mass is 9.95. The van der Waals surface area contributed by atoms with Crippen molar-refractivity contribution in [3.63, 3.8) is 0 Å². The minimum Gasteiger partial charge on any atom is -0.453 e. The monoisotopic (exact) mass is 898 g/mol. The highest BCUT2D eigenvalue weighted by Gasteiger charge is 2.30. The van der Waals surface area contributed by atoms with E-state index in [9.17, 15) is 24.0 Å². The molecule has 0 radical (unpaired) electrons. The third-order valence-corrected chi connectivity index (χ3v) is 14.1. The number of benzene rings is 4. The molecule has 2 atom stereocenters. The number of aromatic nitrogens is 3. The van der Waals surface area contributed by atoms with Crippen LogP contribution in [0.5, 0.6) is 11.5 Å². The maximum absolute atomic E-state index is 15.1. The van der Waals surface area contributed by atoms with Crippen LogP contribution in [0.1, 0.15) is 43.7 Å². The van der Waals surface area contributed by atoms with Gasteiger partial charge < -0.3 is 23.8 Å². The van der Waals surface area contributed by atoms with Crippen molar-refractivity contribution >= 4 is 62.8 Å². The molecule has 0 spiro atoms. The maximum atomic E-state index is 15.1. The van der Waals surface area contributed by atoms with Crippen molar-refractivity contribution in [1.29, 1.82) is 5.26 Å². The summed E-state index contributed by atoms with van der Waals surface area (Å²) in [5.74, 6) is -0.677. The third-order valence-electron chi connectivity index (χ3n) is 13.2. The van der Waals surface area contributed by atoms with Crippen molar-refractivity contribution in [2.45, 2.75) is 44.3 Å². The molecule has 4 aromatic carbocycles. The number of fused-ring (bicyclic) bond motifs is 2. The smallest absolute Gasteiger partial charge is 0.265 e. The highest BCUT2D eigenvalue weighted by molar-refractivity contribution is 7.98. The Labute approximate surface area is 378 Å². The Morgan fingerprint density at radius 3 is 2.42 bits per heavy atom. The molecule has 0 saturated carbocycles. The maximum Gasteiger partial charge on any atom is 0.265 e. The second-order valence-electron chi connectivity index (χ2n) is 17.2. The van der Waals surface area contributed by atoms with Crippen molar-refractivity contribution in [3.8, 4) is 23.3 Å². The van der Waals surface area contributed by atoms with Gasteiger partial charge in [0.05, 0.1) is 27.8 Å². The number of hydrogen-bond acceptors (Lipinski definition) is 12. The zero-order valence-electron chi connectivity index (χ0n) is 35.7. The van der Waals surface area contributed by atoms with Crippen molar-refractivity contribution < 1.29 is 23.1 Å².